The number of amides is 1. The van der Waals surface area contributed by atoms with Gasteiger partial charge in [0.15, 0.2) is 11.3 Å². The summed E-state index contributed by atoms with van der Waals surface area (Å²) in [7, 11) is 0. The summed E-state index contributed by atoms with van der Waals surface area (Å²) in [5.41, 5.74) is 3.04. The smallest absolute Gasteiger partial charge is 0.275 e. The van der Waals surface area contributed by atoms with Crippen molar-refractivity contribution >= 4 is 27.5 Å². The summed E-state index contributed by atoms with van der Waals surface area (Å²) in [5.74, 6) is -0.108. The van der Waals surface area contributed by atoms with E-state index in [9.17, 15) is 4.79 Å². The minimum atomic E-state index is -0.108. The zero-order valence-corrected chi connectivity index (χ0v) is 13.9. The fourth-order valence-corrected chi connectivity index (χ4v) is 3.20. The fourth-order valence-electron chi connectivity index (χ4n) is 2.90. The maximum absolute atomic E-state index is 12.8. The summed E-state index contributed by atoms with van der Waals surface area (Å²) in [6.45, 7) is 2.61. The molecule has 0 aliphatic carbocycles. The highest BCUT2D eigenvalue weighted by Gasteiger charge is 2.30. The van der Waals surface area contributed by atoms with Crippen LogP contribution >= 0.6 is 15.9 Å². The zero-order valence-electron chi connectivity index (χ0n) is 12.3. The van der Waals surface area contributed by atoms with Crippen molar-refractivity contribution in [3.63, 3.8) is 0 Å². The second-order valence-electron chi connectivity index (χ2n) is 5.46. The second-order valence-corrected chi connectivity index (χ2v) is 6.38. The number of halogens is 1. The lowest BCUT2D eigenvalue weighted by Crippen LogP contribution is -2.39. The van der Waals surface area contributed by atoms with Gasteiger partial charge in [-0.25, -0.2) is 19.5 Å². The molecule has 1 aliphatic heterocycles. The molecule has 0 spiro atoms. The molecule has 0 saturated carbocycles. The molecular weight excluding hydrogens is 360 g/mol. The van der Waals surface area contributed by atoms with Crippen LogP contribution in [0.1, 0.15) is 34.7 Å². The lowest BCUT2D eigenvalue weighted by atomic mass is 10.00. The molecular formula is C15H13BrN6O. The van der Waals surface area contributed by atoms with Gasteiger partial charge < -0.3 is 4.90 Å². The molecule has 0 radical (unpaired) electrons. The van der Waals surface area contributed by atoms with Crippen LogP contribution < -0.4 is 0 Å². The summed E-state index contributed by atoms with van der Waals surface area (Å²) in [4.78, 5) is 27.3. The van der Waals surface area contributed by atoms with Gasteiger partial charge in [0.1, 0.15) is 6.33 Å². The van der Waals surface area contributed by atoms with Crippen molar-refractivity contribution in [2.24, 2.45) is 0 Å². The molecule has 0 N–H and O–H groups in total. The van der Waals surface area contributed by atoms with Gasteiger partial charge in [0.2, 0.25) is 0 Å². The summed E-state index contributed by atoms with van der Waals surface area (Å²) >= 11 is 3.35. The number of hydrogen-bond acceptors (Lipinski definition) is 5. The molecule has 0 saturated heterocycles. The van der Waals surface area contributed by atoms with Crippen molar-refractivity contribution in [1.82, 2.24) is 29.5 Å². The molecule has 0 fully saturated rings. The molecule has 23 heavy (non-hydrogen) atoms. The van der Waals surface area contributed by atoms with E-state index >= 15 is 0 Å². The average Bonchev–Trinajstić information content (AvgIpc) is 2.98. The quantitative estimate of drug-likeness (QED) is 0.653. The predicted octanol–water partition coefficient (Wildman–Crippen LogP) is 2.04. The van der Waals surface area contributed by atoms with Crippen LogP contribution in [0.25, 0.3) is 5.65 Å². The molecule has 8 heteroatoms. The van der Waals surface area contributed by atoms with Gasteiger partial charge in [0.25, 0.3) is 5.91 Å². The van der Waals surface area contributed by atoms with Gasteiger partial charge in [0.05, 0.1) is 16.2 Å². The van der Waals surface area contributed by atoms with E-state index in [0.717, 1.165) is 22.2 Å². The molecule has 1 aliphatic rings. The zero-order chi connectivity index (χ0) is 16.0. The first-order valence-electron chi connectivity index (χ1n) is 7.24. The van der Waals surface area contributed by atoms with Crippen LogP contribution in [0.5, 0.6) is 0 Å². The third kappa shape index (κ3) is 2.39. The Morgan fingerprint density at radius 3 is 3.09 bits per heavy atom. The van der Waals surface area contributed by atoms with E-state index < -0.39 is 0 Å². The van der Waals surface area contributed by atoms with Gasteiger partial charge in [0, 0.05) is 31.2 Å². The molecule has 1 unspecified atom stereocenters. The summed E-state index contributed by atoms with van der Waals surface area (Å²) < 4.78 is 2.41. The Morgan fingerprint density at radius 1 is 1.35 bits per heavy atom. The van der Waals surface area contributed by atoms with Gasteiger partial charge in [-0.1, -0.05) is 0 Å². The molecule has 0 aromatic carbocycles. The maximum Gasteiger partial charge on any atom is 0.275 e. The van der Waals surface area contributed by atoms with E-state index in [4.69, 9.17) is 0 Å². The number of rotatable bonds is 1. The van der Waals surface area contributed by atoms with E-state index in [1.54, 1.807) is 27.9 Å². The lowest BCUT2D eigenvalue weighted by molar-refractivity contribution is 0.0666. The third-order valence-corrected chi connectivity index (χ3v) is 4.48. The Labute approximate surface area is 140 Å². The highest BCUT2D eigenvalue weighted by Crippen LogP contribution is 2.28. The Balaban J connectivity index is 1.68. The number of hydrogen-bond donors (Lipinski definition) is 0. The van der Waals surface area contributed by atoms with Crippen molar-refractivity contribution in [1.29, 1.82) is 0 Å². The molecule has 0 bridgehead atoms. The first-order chi connectivity index (χ1) is 11.1. The van der Waals surface area contributed by atoms with Gasteiger partial charge in [-0.15, -0.1) is 0 Å². The molecule has 3 aromatic rings. The van der Waals surface area contributed by atoms with E-state index in [1.807, 2.05) is 13.1 Å². The summed E-state index contributed by atoms with van der Waals surface area (Å²) in [5, 5.41) is 4.34. The number of carbonyl (C=O) groups is 1. The largest absolute Gasteiger partial charge is 0.329 e. The molecule has 4 rings (SSSR count). The van der Waals surface area contributed by atoms with E-state index in [0.29, 0.717) is 17.9 Å². The average molecular weight is 373 g/mol. The molecule has 1 atom stereocenters. The third-order valence-electron chi connectivity index (χ3n) is 4.07. The summed E-state index contributed by atoms with van der Waals surface area (Å²) in [6, 6.07) is 1.61. The van der Waals surface area contributed by atoms with Crippen LogP contribution in [-0.2, 0) is 6.42 Å². The highest BCUT2D eigenvalue weighted by atomic mass is 79.9. The topological polar surface area (TPSA) is 76.3 Å². The van der Waals surface area contributed by atoms with Crippen molar-refractivity contribution < 1.29 is 4.79 Å². The van der Waals surface area contributed by atoms with E-state index in [1.165, 1.54) is 6.33 Å². The SMILES string of the molecule is CC1c2ncncc2CCN1C(=O)c1cc2ncc(Br)cn2n1. The van der Waals surface area contributed by atoms with Gasteiger partial charge >= 0.3 is 0 Å². The first kappa shape index (κ1) is 14.3. The monoisotopic (exact) mass is 372 g/mol. The number of aromatic nitrogens is 5. The standard InChI is InChI=1S/C15H13BrN6O/c1-9-14-10(5-17-8-19-14)2-3-21(9)15(23)12-4-13-18-6-11(16)7-22(13)20-12/h4-9H,2-3H2,1H3. The van der Waals surface area contributed by atoms with Crippen LogP contribution in [0, 0.1) is 0 Å². The van der Waals surface area contributed by atoms with E-state index in [2.05, 4.69) is 36.0 Å². The fraction of sp³-hybridized carbons (Fsp3) is 0.267. The van der Waals surface area contributed by atoms with Crippen LogP contribution in [0.2, 0.25) is 0 Å². The lowest BCUT2D eigenvalue weighted by Gasteiger charge is -2.33. The Morgan fingerprint density at radius 2 is 2.22 bits per heavy atom. The van der Waals surface area contributed by atoms with Gasteiger partial charge in [-0.3, -0.25) is 4.79 Å². The van der Waals surface area contributed by atoms with Crippen molar-refractivity contribution in [2.45, 2.75) is 19.4 Å². The molecule has 1 amide bonds. The minimum absolute atomic E-state index is 0.0984. The van der Waals surface area contributed by atoms with Crippen LogP contribution in [0.3, 0.4) is 0 Å². The van der Waals surface area contributed by atoms with Crippen LogP contribution in [-0.4, -0.2) is 41.9 Å². The normalized spacial score (nSPS) is 17.3. The Kier molecular flexibility index (Phi) is 3.33. The van der Waals surface area contributed by atoms with Gasteiger partial charge in [-0.2, -0.15) is 5.10 Å². The van der Waals surface area contributed by atoms with Crippen LogP contribution in [0.15, 0.2) is 35.5 Å². The maximum atomic E-state index is 12.8. The van der Waals surface area contributed by atoms with Gasteiger partial charge in [-0.05, 0) is 34.8 Å². The first-order valence-corrected chi connectivity index (χ1v) is 8.03. The number of nitrogens with zero attached hydrogens (tertiary/aromatic N) is 6. The number of fused-ring (bicyclic) bond motifs is 2. The molecule has 4 heterocycles. The Bertz CT molecular complexity index is 908. The highest BCUT2D eigenvalue weighted by molar-refractivity contribution is 9.10. The molecule has 3 aromatic heterocycles. The number of carbonyl (C=O) groups excluding carboxylic acids is 1. The molecule has 116 valence electrons. The van der Waals surface area contributed by atoms with Crippen molar-refractivity contribution in [3.8, 4) is 0 Å². The van der Waals surface area contributed by atoms with Crippen molar-refractivity contribution in [3.05, 3.63) is 52.4 Å². The predicted molar refractivity (Wildman–Crippen MR) is 85.9 cm³/mol. The summed E-state index contributed by atoms with van der Waals surface area (Å²) in [6.07, 6.45) is 7.56. The molecule has 7 nitrogen and oxygen atoms in total. The van der Waals surface area contributed by atoms with Crippen molar-refractivity contribution in [2.75, 3.05) is 6.54 Å². The van der Waals surface area contributed by atoms with E-state index in [-0.39, 0.29) is 11.9 Å². The van der Waals surface area contributed by atoms with Crippen LogP contribution in [0.4, 0.5) is 0 Å². The minimum Gasteiger partial charge on any atom is -0.329 e. The Hall–Kier alpha value is -2.35. The second kappa shape index (κ2) is 5.38.